The molecule has 0 aliphatic rings. The molecule has 0 unspecified atom stereocenters. The average molecular weight is 325 g/mol. The van der Waals surface area contributed by atoms with Gasteiger partial charge in [-0.2, -0.15) is 0 Å². The van der Waals surface area contributed by atoms with E-state index in [0.29, 0.717) is 17.6 Å². The summed E-state index contributed by atoms with van der Waals surface area (Å²) < 4.78 is 5.54. The summed E-state index contributed by atoms with van der Waals surface area (Å²) in [6.07, 6.45) is 1.11. The number of nitrogens with one attached hydrogen (secondary N) is 1. The van der Waals surface area contributed by atoms with E-state index in [2.05, 4.69) is 45.1 Å². The maximum Gasteiger partial charge on any atom is 0.262 e. The van der Waals surface area contributed by atoms with Gasteiger partial charge in [-0.15, -0.1) is 0 Å². The van der Waals surface area contributed by atoms with Crippen LogP contribution in [0.3, 0.4) is 0 Å². The highest BCUT2D eigenvalue weighted by Gasteiger charge is 2.06. The summed E-state index contributed by atoms with van der Waals surface area (Å²) in [6.45, 7) is 8.68. The standard InChI is InChI=1S/C21H27NO2/c1-5-16(4)18-6-10-19(11-7-18)22-21(23)14-24-20-12-8-17(9-13-20)15(2)3/h6-13,15-16H,5,14H2,1-4H3,(H,22,23)/t16-/m0/s1. The van der Waals surface area contributed by atoms with Gasteiger partial charge < -0.3 is 10.1 Å². The SMILES string of the molecule is CC[C@H](C)c1ccc(NC(=O)COc2ccc(C(C)C)cc2)cc1. The third-order valence-electron chi connectivity index (χ3n) is 4.29. The molecule has 0 saturated heterocycles. The molecule has 0 aliphatic carbocycles. The third kappa shape index (κ3) is 5.12. The summed E-state index contributed by atoms with van der Waals surface area (Å²) in [7, 11) is 0. The Morgan fingerprint density at radius 1 is 0.958 bits per heavy atom. The van der Waals surface area contributed by atoms with Gasteiger partial charge in [0, 0.05) is 5.69 Å². The fourth-order valence-electron chi connectivity index (χ4n) is 2.43. The van der Waals surface area contributed by atoms with Crippen molar-refractivity contribution in [2.75, 3.05) is 11.9 Å². The molecule has 24 heavy (non-hydrogen) atoms. The van der Waals surface area contributed by atoms with Gasteiger partial charge in [0.15, 0.2) is 6.61 Å². The lowest BCUT2D eigenvalue weighted by Crippen LogP contribution is -2.20. The lowest BCUT2D eigenvalue weighted by molar-refractivity contribution is -0.118. The van der Waals surface area contributed by atoms with Gasteiger partial charge in [0.2, 0.25) is 0 Å². The maximum absolute atomic E-state index is 12.0. The summed E-state index contributed by atoms with van der Waals surface area (Å²) in [4.78, 5) is 12.0. The van der Waals surface area contributed by atoms with Gasteiger partial charge in [0.1, 0.15) is 5.75 Å². The summed E-state index contributed by atoms with van der Waals surface area (Å²) in [5, 5.41) is 2.86. The molecule has 0 radical (unpaired) electrons. The summed E-state index contributed by atoms with van der Waals surface area (Å²) in [5.74, 6) is 1.58. The first-order valence-corrected chi connectivity index (χ1v) is 8.62. The Morgan fingerprint density at radius 3 is 2.08 bits per heavy atom. The Labute approximate surface area is 145 Å². The van der Waals surface area contributed by atoms with E-state index in [9.17, 15) is 4.79 Å². The minimum atomic E-state index is -0.153. The van der Waals surface area contributed by atoms with E-state index >= 15 is 0 Å². The van der Waals surface area contributed by atoms with Gasteiger partial charge in [0.25, 0.3) is 5.91 Å². The summed E-state index contributed by atoms with van der Waals surface area (Å²) in [5.41, 5.74) is 3.34. The van der Waals surface area contributed by atoms with Crippen LogP contribution in [0, 0.1) is 0 Å². The van der Waals surface area contributed by atoms with Crippen LogP contribution in [0.15, 0.2) is 48.5 Å². The number of hydrogen-bond acceptors (Lipinski definition) is 2. The third-order valence-corrected chi connectivity index (χ3v) is 4.29. The number of benzene rings is 2. The lowest BCUT2D eigenvalue weighted by Gasteiger charge is -2.11. The van der Waals surface area contributed by atoms with Crippen molar-refractivity contribution in [3.63, 3.8) is 0 Å². The fourth-order valence-corrected chi connectivity index (χ4v) is 2.43. The van der Waals surface area contributed by atoms with Crippen LogP contribution in [0.4, 0.5) is 5.69 Å². The zero-order valence-electron chi connectivity index (χ0n) is 15.0. The number of amides is 1. The Morgan fingerprint density at radius 2 is 1.54 bits per heavy atom. The maximum atomic E-state index is 12.0. The molecule has 1 amide bonds. The van der Waals surface area contributed by atoms with Crippen LogP contribution in [0.1, 0.15) is 57.1 Å². The first-order valence-electron chi connectivity index (χ1n) is 8.62. The first kappa shape index (κ1) is 18.1. The Hall–Kier alpha value is -2.29. The van der Waals surface area contributed by atoms with Crippen molar-refractivity contribution < 1.29 is 9.53 Å². The number of anilines is 1. The van der Waals surface area contributed by atoms with Crippen molar-refractivity contribution in [3.05, 3.63) is 59.7 Å². The minimum Gasteiger partial charge on any atom is -0.484 e. The molecule has 1 atom stereocenters. The second-order valence-corrected chi connectivity index (χ2v) is 6.49. The number of ether oxygens (including phenoxy) is 1. The minimum absolute atomic E-state index is 0.00807. The molecule has 0 fully saturated rings. The quantitative estimate of drug-likeness (QED) is 0.746. The molecule has 0 heterocycles. The van der Waals surface area contributed by atoms with E-state index in [0.717, 1.165) is 12.1 Å². The van der Waals surface area contributed by atoms with Gasteiger partial charge in [-0.3, -0.25) is 4.79 Å². The summed E-state index contributed by atoms with van der Waals surface area (Å²) >= 11 is 0. The highest BCUT2D eigenvalue weighted by Crippen LogP contribution is 2.21. The molecule has 2 rings (SSSR count). The van der Waals surface area contributed by atoms with Crippen molar-refractivity contribution in [1.82, 2.24) is 0 Å². The van der Waals surface area contributed by atoms with E-state index < -0.39 is 0 Å². The molecular formula is C21H27NO2. The van der Waals surface area contributed by atoms with Crippen LogP contribution >= 0.6 is 0 Å². The van der Waals surface area contributed by atoms with E-state index in [1.165, 1.54) is 11.1 Å². The first-order chi connectivity index (χ1) is 11.5. The molecule has 0 bridgehead atoms. The predicted octanol–water partition coefficient (Wildman–Crippen LogP) is 5.34. The van der Waals surface area contributed by atoms with Crippen LogP contribution in [-0.4, -0.2) is 12.5 Å². The number of hydrogen-bond donors (Lipinski definition) is 1. The molecular weight excluding hydrogens is 298 g/mol. The van der Waals surface area contributed by atoms with E-state index in [1.54, 1.807) is 0 Å². The average Bonchev–Trinajstić information content (AvgIpc) is 2.60. The van der Waals surface area contributed by atoms with Crippen molar-refractivity contribution >= 4 is 11.6 Å². The highest BCUT2D eigenvalue weighted by atomic mass is 16.5. The molecule has 1 N–H and O–H groups in total. The second kappa shape index (κ2) is 8.53. The number of carbonyl (C=O) groups excluding carboxylic acids is 1. The second-order valence-electron chi connectivity index (χ2n) is 6.49. The van der Waals surface area contributed by atoms with Crippen molar-refractivity contribution in [2.24, 2.45) is 0 Å². The monoisotopic (exact) mass is 325 g/mol. The molecule has 0 spiro atoms. The molecule has 3 nitrogen and oxygen atoms in total. The van der Waals surface area contributed by atoms with Gasteiger partial charge >= 0.3 is 0 Å². The van der Waals surface area contributed by atoms with Crippen LogP contribution in [0.2, 0.25) is 0 Å². The molecule has 2 aromatic rings. The van der Waals surface area contributed by atoms with E-state index in [-0.39, 0.29) is 12.5 Å². The topological polar surface area (TPSA) is 38.3 Å². The fraction of sp³-hybridized carbons (Fsp3) is 0.381. The van der Waals surface area contributed by atoms with Gasteiger partial charge in [-0.1, -0.05) is 52.0 Å². The molecule has 0 saturated carbocycles. The van der Waals surface area contributed by atoms with Crippen LogP contribution in [-0.2, 0) is 4.79 Å². The van der Waals surface area contributed by atoms with Crippen LogP contribution in [0.25, 0.3) is 0 Å². The van der Waals surface area contributed by atoms with Gasteiger partial charge in [-0.05, 0) is 53.6 Å². The lowest BCUT2D eigenvalue weighted by atomic mass is 9.99. The molecule has 0 aliphatic heterocycles. The van der Waals surface area contributed by atoms with Crippen molar-refractivity contribution in [1.29, 1.82) is 0 Å². The largest absolute Gasteiger partial charge is 0.484 e. The molecule has 128 valence electrons. The van der Waals surface area contributed by atoms with Gasteiger partial charge in [-0.25, -0.2) is 0 Å². The van der Waals surface area contributed by atoms with Crippen LogP contribution < -0.4 is 10.1 Å². The van der Waals surface area contributed by atoms with Crippen LogP contribution in [0.5, 0.6) is 5.75 Å². The predicted molar refractivity (Wildman–Crippen MR) is 99.8 cm³/mol. The van der Waals surface area contributed by atoms with Gasteiger partial charge in [0.05, 0.1) is 0 Å². The van der Waals surface area contributed by atoms with Crippen molar-refractivity contribution in [3.8, 4) is 5.75 Å². The zero-order chi connectivity index (χ0) is 17.5. The van der Waals surface area contributed by atoms with E-state index in [4.69, 9.17) is 4.74 Å². The Balaban J connectivity index is 1.84. The summed E-state index contributed by atoms with van der Waals surface area (Å²) in [6, 6.07) is 15.9. The molecule has 3 heteroatoms. The Bertz CT molecular complexity index is 645. The smallest absolute Gasteiger partial charge is 0.262 e. The number of rotatable bonds is 7. The molecule has 0 aromatic heterocycles. The zero-order valence-corrected chi connectivity index (χ0v) is 15.0. The highest BCUT2D eigenvalue weighted by molar-refractivity contribution is 5.91. The Kier molecular flexibility index (Phi) is 6.42. The van der Waals surface area contributed by atoms with E-state index in [1.807, 2.05) is 36.4 Å². The molecule has 2 aromatic carbocycles. The van der Waals surface area contributed by atoms with Crippen molar-refractivity contribution in [2.45, 2.75) is 46.0 Å². The number of carbonyl (C=O) groups is 1. The normalized spacial score (nSPS) is 12.0.